The highest BCUT2D eigenvalue weighted by molar-refractivity contribution is 5.92. The Kier molecular flexibility index (Phi) is 5.18. The first kappa shape index (κ1) is 13.2. The predicted octanol–water partition coefficient (Wildman–Crippen LogP) is 2.31. The van der Waals surface area contributed by atoms with Crippen LogP contribution >= 0.6 is 0 Å². The molecule has 0 fully saturated rings. The molecule has 0 saturated carbocycles. The van der Waals surface area contributed by atoms with E-state index in [9.17, 15) is 4.79 Å². The molecule has 0 aromatic heterocycles. The SMILES string of the molecule is COC(C)CCC(=O)Nc1ccccc1C#N. The first-order valence-corrected chi connectivity index (χ1v) is 5.49. The third kappa shape index (κ3) is 4.25. The van der Waals surface area contributed by atoms with Gasteiger partial charge in [-0.1, -0.05) is 12.1 Å². The number of nitrogens with one attached hydrogen (secondary N) is 1. The Morgan fingerprint density at radius 1 is 1.53 bits per heavy atom. The van der Waals surface area contributed by atoms with Crippen LogP contribution in [0.4, 0.5) is 5.69 Å². The lowest BCUT2D eigenvalue weighted by molar-refractivity contribution is -0.116. The molecule has 4 nitrogen and oxygen atoms in total. The molecule has 0 aliphatic rings. The number of anilines is 1. The van der Waals surface area contributed by atoms with Gasteiger partial charge in [-0.05, 0) is 25.5 Å². The second-order valence-corrected chi connectivity index (χ2v) is 3.79. The minimum absolute atomic E-state index is 0.0620. The van der Waals surface area contributed by atoms with E-state index in [1.54, 1.807) is 31.4 Å². The molecule has 1 rings (SSSR count). The van der Waals surface area contributed by atoms with Gasteiger partial charge in [-0.25, -0.2) is 0 Å². The van der Waals surface area contributed by atoms with Crippen LogP contribution in [0.25, 0.3) is 0 Å². The molecule has 0 aliphatic heterocycles. The summed E-state index contributed by atoms with van der Waals surface area (Å²) < 4.78 is 5.06. The van der Waals surface area contributed by atoms with Crippen molar-refractivity contribution >= 4 is 11.6 Å². The van der Waals surface area contributed by atoms with Crippen LogP contribution < -0.4 is 5.32 Å². The van der Waals surface area contributed by atoms with E-state index < -0.39 is 0 Å². The van der Waals surface area contributed by atoms with Crippen molar-refractivity contribution in [3.05, 3.63) is 29.8 Å². The summed E-state index contributed by atoms with van der Waals surface area (Å²) in [6, 6.07) is 8.98. The Bertz CT molecular complexity index is 424. The maximum absolute atomic E-state index is 11.6. The van der Waals surface area contributed by atoms with Crippen LogP contribution in [0.2, 0.25) is 0 Å². The van der Waals surface area contributed by atoms with Crippen molar-refractivity contribution < 1.29 is 9.53 Å². The molecule has 0 aliphatic carbocycles. The number of rotatable bonds is 5. The number of hydrogen-bond donors (Lipinski definition) is 1. The van der Waals surface area contributed by atoms with Gasteiger partial charge in [-0.15, -0.1) is 0 Å². The molecule has 0 spiro atoms. The Hall–Kier alpha value is -1.86. The van der Waals surface area contributed by atoms with Crippen LogP contribution in [0.5, 0.6) is 0 Å². The van der Waals surface area contributed by atoms with Crippen LogP contribution in [0.3, 0.4) is 0 Å². The third-order valence-electron chi connectivity index (χ3n) is 2.50. The summed E-state index contributed by atoms with van der Waals surface area (Å²) in [6.07, 6.45) is 1.11. The van der Waals surface area contributed by atoms with Crippen molar-refractivity contribution in [2.45, 2.75) is 25.9 Å². The number of carbonyl (C=O) groups is 1. The van der Waals surface area contributed by atoms with E-state index in [0.717, 1.165) is 0 Å². The number of methoxy groups -OCH3 is 1. The summed E-state index contributed by atoms with van der Waals surface area (Å²) in [5.41, 5.74) is 1.03. The molecule has 0 bridgehead atoms. The zero-order valence-electron chi connectivity index (χ0n) is 10.1. The average Bonchev–Trinajstić information content (AvgIpc) is 2.36. The highest BCUT2D eigenvalue weighted by Crippen LogP contribution is 2.14. The summed E-state index contributed by atoms with van der Waals surface area (Å²) >= 11 is 0. The minimum Gasteiger partial charge on any atom is -0.382 e. The normalized spacial score (nSPS) is 11.6. The highest BCUT2D eigenvalue weighted by atomic mass is 16.5. The van der Waals surface area contributed by atoms with Gasteiger partial charge in [0.05, 0.1) is 17.4 Å². The van der Waals surface area contributed by atoms with Crippen molar-refractivity contribution in [1.82, 2.24) is 0 Å². The molecule has 0 radical (unpaired) electrons. The lowest BCUT2D eigenvalue weighted by Crippen LogP contribution is -2.15. The van der Waals surface area contributed by atoms with E-state index in [1.807, 2.05) is 13.0 Å². The second kappa shape index (κ2) is 6.66. The topological polar surface area (TPSA) is 62.1 Å². The van der Waals surface area contributed by atoms with E-state index in [4.69, 9.17) is 10.00 Å². The Balaban J connectivity index is 2.54. The monoisotopic (exact) mass is 232 g/mol. The van der Waals surface area contributed by atoms with Gasteiger partial charge in [0.1, 0.15) is 6.07 Å². The third-order valence-corrected chi connectivity index (χ3v) is 2.50. The van der Waals surface area contributed by atoms with E-state index in [0.29, 0.717) is 24.1 Å². The number of benzene rings is 1. The number of amides is 1. The van der Waals surface area contributed by atoms with Gasteiger partial charge >= 0.3 is 0 Å². The summed E-state index contributed by atoms with van der Waals surface area (Å²) in [5, 5.41) is 11.6. The van der Waals surface area contributed by atoms with Crippen LogP contribution in [-0.2, 0) is 9.53 Å². The van der Waals surface area contributed by atoms with E-state index in [1.165, 1.54) is 0 Å². The Morgan fingerprint density at radius 3 is 2.88 bits per heavy atom. The molecule has 1 aromatic rings. The zero-order valence-corrected chi connectivity index (χ0v) is 10.1. The molecule has 0 heterocycles. The number of para-hydroxylation sites is 1. The van der Waals surface area contributed by atoms with Crippen molar-refractivity contribution in [2.75, 3.05) is 12.4 Å². The smallest absolute Gasteiger partial charge is 0.224 e. The molecule has 4 heteroatoms. The number of hydrogen-bond acceptors (Lipinski definition) is 3. The second-order valence-electron chi connectivity index (χ2n) is 3.79. The molecule has 90 valence electrons. The highest BCUT2D eigenvalue weighted by Gasteiger charge is 2.08. The van der Waals surface area contributed by atoms with Gasteiger partial charge in [0, 0.05) is 13.5 Å². The van der Waals surface area contributed by atoms with Gasteiger partial charge in [0.15, 0.2) is 0 Å². The van der Waals surface area contributed by atoms with Gasteiger partial charge in [0.25, 0.3) is 0 Å². The first-order valence-electron chi connectivity index (χ1n) is 5.49. The van der Waals surface area contributed by atoms with E-state index >= 15 is 0 Å². The quantitative estimate of drug-likeness (QED) is 0.847. The van der Waals surface area contributed by atoms with Gasteiger partial charge < -0.3 is 10.1 Å². The molecule has 1 N–H and O–H groups in total. The maximum Gasteiger partial charge on any atom is 0.224 e. The van der Waals surface area contributed by atoms with Crippen molar-refractivity contribution in [2.24, 2.45) is 0 Å². The predicted molar refractivity (Wildman–Crippen MR) is 65.5 cm³/mol. The fourth-order valence-electron chi connectivity index (χ4n) is 1.35. The van der Waals surface area contributed by atoms with E-state index in [-0.39, 0.29) is 12.0 Å². The van der Waals surface area contributed by atoms with Gasteiger partial charge in [0.2, 0.25) is 5.91 Å². The van der Waals surface area contributed by atoms with Crippen molar-refractivity contribution in [3.8, 4) is 6.07 Å². The summed E-state index contributed by atoms with van der Waals surface area (Å²) in [7, 11) is 1.62. The molecular weight excluding hydrogens is 216 g/mol. The number of carbonyl (C=O) groups excluding carboxylic acids is 1. The standard InChI is InChI=1S/C13H16N2O2/c1-10(17-2)7-8-13(16)15-12-6-4-3-5-11(12)9-14/h3-6,10H,7-8H2,1-2H3,(H,15,16). The van der Waals surface area contributed by atoms with Crippen LogP contribution in [0.15, 0.2) is 24.3 Å². The molecular formula is C13H16N2O2. The lowest BCUT2D eigenvalue weighted by Gasteiger charge is -2.10. The van der Waals surface area contributed by atoms with Gasteiger partial charge in [-0.3, -0.25) is 4.79 Å². The number of nitriles is 1. The summed E-state index contributed by atoms with van der Waals surface area (Å²) in [6.45, 7) is 1.91. The van der Waals surface area contributed by atoms with Gasteiger partial charge in [-0.2, -0.15) is 5.26 Å². The molecule has 1 aromatic carbocycles. The fourth-order valence-corrected chi connectivity index (χ4v) is 1.35. The molecule has 1 unspecified atom stereocenters. The Labute approximate surface area is 101 Å². The lowest BCUT2D eigenvalue weighted by atomic mass is 10.1. The summed E-state index contributed by atoms with van der Waals surface area (Å²) in [4.78, 5) is 11.6. The Morgan fingerprint density at radius 2 is 2.24 bits per heavy atom. The maximum atomic E-state index is 11.6. The van der Waals surface area contributed by atoms with Crippen LogP contribution in [0, 0.1) is 11.3 Å². The largest absolute Gasteiger partial charge is 0.382 e. The first-order chi connectivity index (χ1) is 8.17. The fraction of sp³-hybridized carbons (Fsp3) is 0.385. The molecule has 1 atom stereocenters. The molecule has 17 heavy (non-hydrogen) atoms. The molecule has 0 saturated heterocycles. The van der Waals surface area contributed by atoms with Crippen molar-refractivity contribution in [3.63, 3.8) is 0 Å². The number of nitrogens with zero attached hydrogens (tertiary/aromatic N) is 1. The minimum atomic E-state index is -0.100. The average molecular weight is 232 g/mol. The van der Waals surface area contributed by atoms with Crippen LogP contribution in [-0.4, -0.2) is 19.1 Å². The van der Waals surface area contributed by atoms with Crippen molar-refractivity contribution in [1.29, 1.82) is 5.26 Å². The van der Waals surface area contributed by atoms with E-state index in [2.05, 4.69) is 5.32 Å². The summed E-state index contributed by atoms with van der Waals surface area (Å²) in [5.74, 6) is -0.100. The zero-order chi connectivity index (χ0) is 12.7. The molecule has 1 amide bonds. The number of ether oxygens (including phenoxy) is 1. The van der Waals surface area contributed by atoms with Crippen LogP contribution in [0.1, 0.15) is 25.3 Å².